The van der Waals surface area contributed by atoms with Crippen LogP contribution in [0.3, 0.4) is 0 Å². The number of ether oxygens (including phenoxy) is 1. The fourth-order valence-electron chi connectivity index (χ4n) is 2.03. The zero-order valence-corrected chi connectivity index (χ0v) is 10.1. The van der Waals surface area contributed by atoms with Crippen LogP contribution in [0.15, 0.2) is 18.2 Å². The summed E-state index contributed by atoms with van der Waals surface area (Å²) in [4.78, 5) is 11.3. The number of aliphatic carboxylic acids is 1. The van der Waals surface area contributed by atoms with Gasteiger partial charge in [-0.2, -0.15) is 5.26 Å². The maximum absolute atomic E-state index is 11.3. The number of carboxylic acid groups (broad SMARTS) is 1. The first-order valence-electron chi connectivity index (χ1n) is 5.67. The van der Waals surface area contributed by atoms with E-state index in [1.165, 1.54) is 0 Å². The number of hydrogen-bond acceptors (Lipinski definition) is 4. The van der Waals surface area contributed by atoms with E-state index >= 15 is 0 Å². The molecular formula is C13H14N2O3. The van der Waals surface area contributed by atoms with Crippen molar-refractivity contribution in [1.29, 1.82) is 5.26 Å². The Hall–Kier alpha value is -2.06. The maximum Gasteiger partial charge on any atom is 0.331 e. The quantitative estimate of drug-likeness (QED) is 0.845. The van der Waals surface area contributed by atoms with Crippen molar-refractivity contribution < 1.29 is 14.6 Å². The summed E-state index contributed by atoms with van der Waals surface area (Å²) >= 11 is 0. The van der Waals surface area contributed by atoms with Gasteiger partial charge in [-0.3, -0.25) is 0 Å². The summed E-state index contributed by atoms with van der Waals surface area (Å²) in [5.41, 5.74) is 1.05. The molecule has 1 atom stereocenters. The molecule has 0 spiro atoms. The Morgan fingerprint density at radius 1 is 1.61 bits per heavy atom. The highest BCUT2D eigenvalue weighted by molar-refractivity contribution is 5.83. The summed E-state index contributed by atoms with van der Waals surface area (Å²) in [6.07, 6.45) is 0.432. The third-order valence-electron chi connectivity index (χ3n) is 3.16. The summed E-state index contributed by atoms with van der Waals surface area (Å²) in [5, 5.41) is 21.2. The summed E-state index contributed by atoms with van der Waals surface area (Å²) < 4.78 is 5.17. The Labute approximate surface area is 105 Å². The molecule has 1 unspecified atom stereocenters. The molecule has 1 aliphatic heterocycles. The second-order valence-corrected chi connectivity index (χ2v) is 4.46. The predicted octanol–water partition coefficient (Wildman–Crippen LogP) is 1.52. The molecular weight excluding hydrogens is 232 g/mol. The summed E-state index contributed by atoms with van der Waals surface area (Å²) in [7, 11) is 0. The van der Waals surface area contributed by atoms with Crippen LogP contribution < -0.4 is 5.32 Å². The molecule has 0 aliphatic carbocycles. The van der Waals surface area contributed by atoms with Crippen molar-refractivity contribution in [1.82, 2.24) is 0 Å². The first-order valence-corrected chi connectivity index (χ1v) is 5.67. The molecule has 0 bridgehead atoms. The lowest BCUT2D eigenvalue weighted by atomic mass is 9.98. The fourth-order valence-corrected chi connectivity index (χ4v) is 2.03. The van der Waals surface area contributed by atoms with E-state index in [1.807, 2.05) is 6.92 Å². The van der Waals surface area contributed by atoms with E-state index in [0.29, 0.717) is 24.3 Å². The third kappa shape index (κ3) is 2.15. The Bertz CT molecular complexity index is 513. The van der Waals surface area contributed by atoms with Gasteiger partial charge < -0.3 is 15.2 Å². The van der Waals surface area contributed by atoms with Crippen molar-refractivity contribution in [3.63, 3.8) is 0 Å². The number of benzene rings is 1. The molecule has 1 aromatic rings. The van der Waals surface area contributed by atoms with E-state index < -0.39 is 11.5 Å². The van der Waals surface area contributed by atoms with Crippen LogP contribution in [0.1, 0.15) is 17.5 Å². The van der Waals surface area contributed by atoms with Crippen LogP contribution in [-0.2, 0) is 9.53 Å². The van der Waals surface area contributed by atoms with Crippen molar-refractivity contribution in [2.45, 2.75) is 18.9 Å². The van der Waals surface area contributed by atoms with Crippen molar-refractivity contribution in [2.24, 2.45) is 0 Å². The van der Waals surface area contributed by atoms with Gasteiger partial charge in [0.2, 0.25) is 0 Å². The van der Waals surface area contributed by atoms with Crippen molar-refractivity contribution in [2.75, 3.05) is 18.5 Å². The van der Waals surface area contributed by atoms with E-state index in [9.17, 15) is 9.90 Å². The highest BCUT2D eigenvalue weighted by atomic mass is 16.5. The fraction of sp³-hybridized carbons (Fsp3) is 0.385. The van der Waals surface area contributed by atoms with E-state index in [-0.39, 0.29) is 6.61 Å². The molecule has 1 heterocycles. The predicted molar refractivity (Wildman–Crippen MR) is 65.3 cm³/mol. The first-order chi connectivity index (χ1) is 8.57. The number of hydrogen-bond donors (Lipinski definition) is 2. The zero-order valence-electron chi connectivity index (χ0n) is 10.1. The summed E-state index contributed by atoms with van der Waals surface area (Å²) in [5.74, 6) is -0.915. The normalized spacial score (nSPS) is 22.4. The molecule has 5 nitrogen and oxygen atoms in total. The van der Waals surface area contributed by atoms with Crippen LogP contribution in [0.2, 0.25) is 0 Å². The van der Waals surface area contributed by atoms with Crippen molar-refractivity contribution in [3.05, 3.63) is 29.3 Å². The zero-order chi connectivity index (χ0) is 13.2. The van der Waals surface area contributed by atoms with Gasteiger partial charge in [0.1, 0.15) is 0 Å². The number of nitrogens with one attached hydrogen (secondary N) is 1. The average Bonchev–Trinajstić information content (AvgIpc) is 2.79. The number of nitrogens with zero attached hydrogens (tertiary/aromatic N) is 1. The Morgan fingerprint density at radius 3 is 2.89 bits per heavy atom. The van der Waals surface area contributed by atoms with E-state index in [1.54, 1.807) is 18.2 Å². The lowest BCUT2D eigenvalue weighted by molar-refractivity contribution is -0.142. The van der Waals surface area contributed by atoms with Crippen LogP contribution in [0.25, 0.3) is 0 Å². The molecule has 0 amide bonds. The van der Waals surface area contributed by atoms with Crippen molar-refractivity contribution in [3.8, 4) is 6.07 Å². The van der Waals surface area contributed by atoms with Crippen LogP contribution in [-0.4, -0.2) is 29.8 Å². The Balaban J connectivity index is 2.25. The van der Waals surface area contributed by atoms with Gasteiger partial charge in [0, 0.05) is 18.7 Å². The van der Waals surface area contributed by atoms with E-state index in [2.05, 4.69) is 11.4 Å². The van der Waals surface area contributed by atoms with Crippen LogP contribution in [0.4, 0.5) is 5.69 Å². The molecule has 0 radical (unpaired) electrons. The van der Waals surface area contributed by atoms with Gasteiger partial charge >= 0.3 is 5.97 Å². The van der Waals surface area contributed by atoms with Gasteiger partial charge in [-0.25, -0.2) is 4.79 Å². The smallest absolute Gasteiger partial charge is 0.331 e. The lowest BCUT2D eigenvalue weighted by Crippen LogP contribution is -2.47. The second-order valence-electron chi connectivity index (χ2n) is 4.46. The lowest BCUT2D eigenvalue weighted by Gasteiger charge is -2.25. The molecule has 1 saturated heterocycles. The Morgan fingerprint density at radius 2 is 2.39 bits per heavy atom. The minimum absolute atomic E-state index is 0.154. The average molecular weight is 246 g/mol. The standard InChI is InChI=1S/C13H14N2O3/c1-9-6-11(3-2-10(9)7-14)15-13(12(16)17)4-5-18-8-13/h2-3,6,15H,4-5,8H2,1H3,(H,16,17). The van der Waals surface area contributed by atoms with Crippen LogP contribution in [0.5, 0.6) is 0 Å². The number of anilines is 1. The minimum atomic E-state index is -1.05. The molecule has 18 heavy (non-hydrogen) atoms. The van der Waals surface area contributed by atoms with Gasteiger partial charge in [0.05, 0.1) is 18.2 Å². The summed E-state index contributed by atoms with van der Waals surface area (Å²) in [6.45, 7) is 2.41. The number of rotatable bonds is 3. The number of carbonyl (C=O) groups is 1. The number of aryl methyl sites for hydroxylation is 1. The number of carboxylic acids is 1. The monoisotopic (exact) mass is 246 g/mol. The molecule has 1 aliphatic rings. The third-order valence-corrected chi connectivity index (χ3v) is 3.16. The second kappa shape index (κ2) is 4.67. The topological polar surface area (TPSA) is 82.3 Å². The molecule has 2 rings (SSSR count). The Kier molecular flexibility index (Phi) is 3.21. The van der Waals surface area contributed by atoms with E-state index in [0.717, 1.165) is 5.56 Å². The van der Waals surface area contributed by atoms with Gasteiger partial charge in [-0.05, 0) is 30.7 Å². The highest BCUT2D eigenvalue weighted by Crippen LogP contribution is 2.26. The first kappa shape index (κ1) is 12.4. The maximum atomic E-state index is 11.3. The summed E-state index contributed by atoms with van der Waals surface area (Å²) in [6, 6.07) is 7.26. The van der Waals surface area contributed by atoms with Gasteiger partial charge in [-0.15, -0.1) is 0 Å². The number of nitriles is 1. The SMILES string of the molecule is Cc1cc(NC2(C(=O)O)CCOC2)ccc1C#N. The highest BCUT2D eigenvalue weighted by Gasteiger charge is 2.42. The minimum Gasteiger partial charge on any atom is -0.479 e. The molecule has 5 heteroatoms. The molecule has 94 valence electrons. The molecule has 0 aromatic heterocycles. The molecule has 2 N–H and O–H groups in total. The largest absolute Gasteiger partial charge is 0.479 e. The van der Waals surface area contributed by atoms with E-state index in [4.69, 9.17) is 10.00 Å². The van der Waals surface area contributed by atoms with Crippen LogP contribution >= 0.6 is 0 Å². The molecule has 1 aromatic carbocycles. The van der Waals surface area contributed by atoms with Gasteiger partial charge in [0.15, 0.2) is 5.54 Å². The van der Waals surface area contributed by atoms with Gasteiger partial charge in [-0.1, -0.05) is 0 Å². The molecule has 0 saturated carbocycles. The van der Waals surface area contributed by atoms with Crippen LogP contribution in [0, 0.1) is 18.3 Å². The molecule has 1 fully saturated rings. The van der Waals surface area contributed by atoms with Crippen molar-refractivity contribution >= 4 is 11.7 Å². The van der Waals surface area contributed by atoms with Gasteiger partial charge in [0.25, 0.3) is 0 Å².